The van der Waals surface area contributed by atoms with Crippen molar-refractivity contribution < 1.29 is 4.43 Å². The standard InChI is InChI=1S/C21H37NOSi/c1-21(2,3)20(23-24(4)5)18-14-12-17(13-15-18)16-22-19-10-8-6-7-9-11-19/h12-15,19-20,22,24H,6-11,16H2,1-5H3. The Morgan fingerprint density at radius 1 is 1.04 bits per heavy atom. The lowest BCUT2D eigenvalue weighted by Crippen LogP contribution is -2.28. The van der Waals surface area contributed by atoms with Gasteiger partial charge in [0.05, 0.1) is 6.10 Å². The first-order valence-electron chi connectivity index (χ1n) is 9.84. The van der Waals surface area contributed by atoms with Crippen LogP contribution in [0.1, 0.15) is 76.5 Å². The highest BCUT2D eigenvalue weighted by atomic mass is 28.3. The number of benzene rings is 1. The van der Waals surface area contributed by atoms with Gasteiger partial charge in [-0.3, -0.25) is 0 Å². The van der Waals surface area contributed by atoms with Crippen molar-refractivity contribution in [2.24, 2.45) is 5.41 Å². The van der Waals surface area contributed by atoms with Crippen LogP contribution in [0, 0.1) is 5.41 Å². The molecule has 1 unspecified atom stereocenters. The van der Waals surface area contributed by atoms with Crippen molar-refractivity contribution in [3.05, 3.63) is 35.4 Å². The molecule has 1 fully saturated rings. The van der Waals surface area contributed by atoms with Crippen molar-refractivity contribution in [2.75, 3.05) is 0 Å². The monoisotopic (exact) mass is 347 g/mol. The van der Waals surface area contributed by atoms with Gasteiger partial charge in [0, 0.05) is 12.6 Å². The van der Waals surface area contributed by atoms with Crippen molar-refractivity contribution in [1.29, 1.82) is 0 Å². The van der Waals surface area contributed by atoms with Crippen molar-refractivity contribution in [1.82, 2.24) is 5.32 Å². The van der Waals surface area contributed by atoms with Crippen molar-refractivity contribution in [3.63, 3.8) is 0 Å². The molecule has 2 nitrogen and oxygen atoms in total. The van der Waals surface area contributed by atoms with Crippen LogP contribution >= 0.6 is 0 Å². The summed E-state index contributed by atoms with van der Waals surface area (Å²) in [5.74, 6) is 0. The second-order valence-corrected chi connectivity index (χ2v) is 11.1. The molecule has 1 aliphatic carbocycles. The van der Waals surface area contributed by atoms with Gasteiger partial charge in [0.15, 0.2) is 9.04 Å². The summed E-state index contributed by atoms with van der Waals surface area (Å²) in [5.41, 5.74) is 2.84. The van der Waals surface area contributed by atoms with E-state index in [4.69, 9.17) is 4.43 Å². The first kappa shape index (κ1) is 19.7. The molecule has 0 aromatic heterocycles. The molecule has 0 spiro atoms. The van der Waals surface area contributed by atoms with E-state index in [-0.39, 0.29) is 11.5 Å². The zero-order valence-corrected chi connectivity index (χ0v) is 17.6. The van der Waals surface area contributed by atoms with Crippen molar-refractivity contribution in [3.8, 4) is 0 Å². The highest BCUT2D eigenvalue weighted by Crippen LogP contribution is 2.36. The largest absolute Gasteiger partial charge is 0.413 e. The normalized spacial score (nSPS) is 18.6. The van der Waals surface area contributed by atoms with Gasteiger partial charge in [0.1, 0.15) is 0 Å². The van der Waals surface area contributed by atoms with E-state index in [1.165, 1.54) is 49.7 Å². The number of hydrogen-bond acceptors (Lipinski definition) is 2. The van der Waals surface area contributed by atoms with Crippen LogP contribution in [0.4, 0.5) is 0 Å². The Morgan fingerprint density at radius 2 is 1.62 bits per heavy atom. The van der Waals surface area contributed by atoms with E-state index in [0.717, 1.165) is 6.54 Å². The van der Waals surface area contributed by atoms with Crippen LogP contribution in [0.15, 0.2) is 24.3 Å². The van der Waals surface area contributed by atoms with Gasteiger partial charge in [-0.1, -0.05) is 70.7 Å². The van der Waals surface area contributed by atoms with Crippen LogP contribution in [0.2, 0.25) is 13.1 Å². The fraction of sp³-hybridized carbons (Fsp3) is 0.714. The fourth-order valence-corrected chi connectivity index (χ4v) is 4.72. The van der Waals surface area contributed by atoms with Gasteiger partial charge in [-0.15, -0.1) is 0 Å². The highest BCUT2D eigenvalue weighted by Gasteiger charge is 2.27. The first-order valence-corrected chi connectivity index (χ1v) is 12.6. The summed E-state index contributed by atoms with van der Waals surface area (Å²) < 4.78 is 6.33. The van der Waals surface area contributed by atoms with Gasteiger partial charge in [-0.05, 0) is 42.5 Å². The fourth-order valence-electron chi connectivity index (χ4n) is 3.61. The third-order valence-corrected chi connectivity index (χ3v) is 5.74. The van der Waals surface area contributed by atoms with E-state index < -0.39 is 9.04 Å². The van der Waals surface area contributed by atoms with Gasteiger partial charge in [-0.25, -0.2) is 0 Å². The molecule has 0 aliphatic heterocycles. The second kappa shape index (κ2) is 9.16. The van der Waals surface area contributed by atoms with E-state index in [0.29, 0.717) is 6.04 Å². The van der Waals surface area contributed by atoms with Crippen LogP contribution in [0.3, 0.4) is 0 Å². The SMILES string of the molecule is C[SiH](C)OC(c1ccc(CNC2CCCCCC2)cc1)C(C)(C)C. The Morgan fingerprint density at radius 3 is 2.12 bits per heavy atom. The average Bonchev–Trinajstić information content (AvgIpc) is 2.79. The molecular weight excluding hydrogens is 310 g/mol. The summed E-state index contributed by atoms with van der Waals surface area (Å²) in [6.07, 6.45) is 8.50. The van der Waals surface area contributed by atoms with Gasteiger partial charge in [0.2, 0.25) is 0 Å². The molecular formula is C21H37NOSi. The van der Waals surface area contributed by atoms with E-state index in [2.05, 4.69) is 63.4 Å². The van der Waals surface area contributed by atoms with Crippen LogP contribution in [-0.2, 0) is 11.0 Å². The van der Waals surface area contributed by atoms with Crippen molar-refractivity contribution in [2.45, 2.75) is 91.1 Å². The average molecular weight is 348 g/mol. The molecule has 0 radical (unpaired) electrons. The first-order chi connectivity index (χ1) is 11.4. The third-order valence-electron chi connectivity index (χ3n) is 4.93. The lowest BCUT2D eigenvalue weighted by atomic mass is 9.84. The lowest BCUT2D eigenvalue weighted by molar-refractivity contribution is 0.0866. The molecule has 0 bridgehead atoms. The van der Waals surface area contributed by atoms with Gasteiger partial charge in [-0.2, -0.15) is 0 Å². The van der Waals surface area contributed by atoms with E-state index in [9.17, 15) is 0 Å². The molecule has 1 aliphatic rings. The Labute approximate surface area is 151 Å². The van der Waals surface area contributed by atoms with Crippen LogP contribution < -0.4 is 5.32 Å². The molecule has 0 heterocycles. The topological polar surface area (TPSA) is 21.3 Å². The summed E-state index contributed by atoms with van der Waals surface area (Å²) >= 11 is 0. The molecule has 1 N–H and O–H groups in total. The van der Waals surface area contributed by atoms with Crippen LogP contribution in [0.25, 0.3) is 0 Å². The van der Waals surface area contributed by atoms with Gasteiger partial charge >= 0.3 is 0 Å². The predicted molar refractivity (Wildman–Crippen MR) is 107 cm³/mol. The molecule has 24 heavy (non-hydrogen) atoms. The quantitative estimate of drug-likeness (QED) is 0.535. The summed E-state index contributed by atoms with van der Waals surface area (Å²) in [5, 5.41) is 3.76. The van der Waals surface area contributed by atoms with E-state index >= 15 is 0 Å². The zero-order chi connectivity index (χ0) is 17.6. The van der Waals surface area contributed by atoms with Gasteiger partial charge in [0.25, 0.3) is 0 Å². The maximum absolute atomic E-state index is 6.33. The summed E-state index contributed by atoms with van der Waals surface area (Å²) in [6.45, 7) is 12.3. The highest BCUT2D eigenvalue weighted by molar-refractivity contribution is 6.48. The molecule has 0 saturated heterocycles. The summed E-state index contributed by atoms with van der Waals surface area (Å²) in [7, 11) is -1.06. The number of rotatable bonds is 6. The zero-order valence-electron chi connectivity index (χ0n) is 16.4. The van der Waals surface area contributed by atoms with E-state index in [1.807, 2.05) is 0 Å². The molecule has 1 aromatic carbocycles. The summed E-state index contributed by atoms with van der Waals surface area (Å²) in [6, 6.07) is 9.82. The molecule has 1 atom stereocenters. The maximum atomic E-state index is 6.33. The Hall–Kier alpha value is -0.643. The smallest absolute Gasteiger partial charge is 0.171 e. The molecule has 1 saturated carbocycles. The van der Waals surface area contributed by atoms with Crippen LogP contribution in [-0.4, -0.2) is 15.1 Å². The number of hydrogen-bond donors (Lipinski definition) is 1. The van der Waals surface area contributed by atoms with Gasteiger partial charge < -0.3 is 9.74 Å². The predicted octanol–water partition coefficient (Wildman–Crippen LogP) is 5.59. The molecule has 2 rings (SSSR count). The molecule has 0 amide bonds. The number of nitrogens with one attached hydrogen (secondary N) is 1. The third kappa shape index (κ3) is 6.34. The Kier molecular flexibility index (Phi) is 7.51. The minimum atomic E-state index is -1.06. The minimum absolute atomic E-state index is 0.136. The molecule has 1 aromatic rings. The molecule has 136 valence electrons. The lowest BCUT2D eigenvalue weighted by Gasteiger charge is -2.33. The van der Waals surface area contributed by atoms with E-state index in [1.54, 1.807) is 0 Å². The summed E-state index contributed by atoms with van der Waals surface area (Å²) in [4.78, 5) is 0. The Balaban J connectivity index is 1.95. The maximum Gasteiger partial charge on any atom is 0.171 e. The Bertz CT molecular complexity index is 470. The molecule has 3 heteroatoms. The minimum Gasteiger partial charge on any atom is -0.413 e. The van der Waals surface area contributed by atoms with Crippen molar-refractivity contribution >= 4 is 9.04 Å². The van der Waals surface area contributed by atoms with Crippen LogP contribution in [0.5, 0.6) is 0 Å². The second-order valence-electron chi connectivity index (χ2n) is 8.74.